The Morgan fingerprint density at radius 3 is 2.79 bits per heavy atom. The van der Waals surface area contributed by atoms with Gasteiger partial charge >= 0.3 is 0 Å². The van der Waals surface area contributed by atoms with Crippen LogP contribution in [0, 0.1) is 0 Å². The van der Waals surface area contributed by atoms with Gasteiger partial charge in [-0.2, -0.15) is 0 Å². The Kier molecular flexibility index (Phi) is 4.31. The van der Waals surface area contributed by atoms with Crippen LogP contribution in [-0.2, 0) is 9.47 Å². The zero-order chi connectivity index (χ0) is 10.6. The number of hydrogen-bond acceptors (Lipinski definition) is 4. The van der Waals surface area contributed by atoms with Gasteiger partial charge in [0.05, 0.1) is 12.7 Å². The summed E-state index contributed by atoms with van der Waals surface area (Å²) >= 11 is 0. The van der Waals surface area contributed by atoms with E-state index >= 15 is 0 Å². The second kappa shape index (κ2) is 5.07. The van der Waals surface area contributed by atoms with E-state index in [9.17, 15) is 0 Å². The molecule has 1 heterocycles. The lowest BCUT2D eigenvalue weighted by atomic mass is 10.2. The van der Waals surface area contributed by atoms with Gasteiger partial charge in [0, 0.05) is 13.0 Å². The van der Waals surface area contributed by atoms with Gasteiger partial charge in [0.25, 0.3) is 0 Å². The number of nitrogens with zero attached hydrogens (tertiary/aromatic N) is 1. The fourth-order valence-corrected chi connectivity index (χ4v) is 1.58. The topological polar surface area (TPSA) is 47.7 Å². The van der Waals surface area contributed by atoms with Gasteiger partial charge in [0.2, 0.25) is 0 Å². The summed E-state index contributed by atoms with van der Waals surface area (Å²) in [4.78, 5) is 2.13. The fourth-order valence-electron chi connectivity index (χ4n) is 1.58. The molecule has 2 N–H and O–H groups in total. The first-order valence-electron chi connectivity index (χ1n) is 5.22. The summed E-state index contributed by atoms with van der Waals surface area (Å²) in [5.41, 5.74) is 5.48. The van der Waals surface area contributed by atoms with Crippen molar-refractivity contribution in [3.8, 4) is 0 Å². The van der Waals surface area contributed by atoms with E-state index < -0.39 is 5.79 Å². The molecule has 0 aromatic carbocycles. The van der Waals surface area contributed by atoms with E-state index in [1.165, 1.54) is 0 Å². The maximum absolute atomic E-state index is 5.81. The minimum atomic E-state index is -0.399. The second-order valence-electron chi connectivity index (χ2n) is 4.32. The van der Waals surface area contributed by atoms with E-state index in [2.05, 4.69) is 19.0 Å². The van der Waals surface area contributed by atoms with Crippen LogP contribution in [0.25, 0.3) is 0 Å². The van der Waals surface area contributed by atoms with Crippen LogP contribution >= 0.6 is 0 Å². The zero-order valence-electron chi connectivity index (χ0n) is 9.45. The lowest BCUT2D eigenvalue weighted by molar-refractivity contribution is -0.160. The van der Waals surface area contributed by atoms with Gasteiger partial charge in [-0.1, -0.05) is 0 Å². The molecule has 1 aliphatic heterocycles. The molecule has 1 saturated heterocycles. The molecule has 0 amide bonds. The van der Waals surface area contributed by atoms with Crippen molar-refractivity contribution in [1.82, 2.24) is 4.90 Å². The Bertz CT molecular complexity index is 176. The van der Waals surface area contributed by atoms with E-state index in [4.69, 9.17) is 15.2 Å². The molecule has 0 aromatic rings. The molecule has 0 saturated carbocycles. The lowest BCUT2D eigenvalue weighted by Crippen LogP contribution is -2.31. The lowest BCUT2D eigenvalue weighted by Gasteiger charge is -2.24. The summed E-state index contributed by atoms with van der Waals surface area (Å²) in [7, 11) is 4.10. The van der Waals surface area contributed by atoms with Crippen molar-refractivity contribution in [1.29, 1.82) is 0 Å². The second-order valence-corrected chi connectivity index (χ2v) is 4.32. The van der Waals surface area contributed by atoms with Crippen LogP contribution < -0.4 is 5.73 Å². The van der Waals surface area contributed by atoms with Gasteiger partial charge in [-0.25, -0.2) is 0 Å². The average molecular weight is 202 g/mol. The molecule has 4 nitrogen and oxygen atoms in total. The summed E-state index contributed by atoms with van der Waals surface area (Å²) < 4.78 is 11.5. The molecule has 4 heteroatoms. The third kappa shape index (κ3) is 3.53. The van der Waals surface area contributed by atoms with Crippen LogP contribution in [0.15, 0.2) is 0 Å². The van der Waals surface area contributed by atoms with Crippen LogP contribution in [0.5, 0.6) is 0 Å². The molecule has 0 radical (unpaired) electrons. The summed E-state index contributed by atoms with van der Waals surface area (Å²) in [5.74, 6) is -0.399. The highest BCUT2D eigenvalue weighted by Crippen LogP contribution is 2.27. The molecule has 1 aliphatic rings. The first-order valence-corrected chi connectivity index (χ1v) is 5.22. The highest BCUT2D eigenvalue weighted by Gasteiger charge is 2.36. The Morgan fingerprint density at radius 1 is 1.50 bits per heavy atom. The average Bonchev–Trinajstić information content (AvgIpc) is 2.46. The Labute approximate surface area is 86.3 Å². The van der Waals surface area contributed by atoms with Crippen molar-refractivity contribution in [3.05, 3.63) is 0 Å². The molecule has 0 aromatic heterocycles. The molecule has 0 bridgehead atoms. The molecule has 2 unspecified atom stereocenters. The zero-order valence-corrected chi connectivity index (χ0v) is 9.45. The monoisotopic (exact) mass is 202 g/mol. The Balaban J connectivity index is 2.30. The van der Waals surface area contributed by atoms with Crippen molar-refractivity contribution in [2.24, 2.45) is 5.73 Å². The third-order valence-electron chi connectivity index (χ3n) is 2.49. The number of nitrogens with two attached hydrogens (primary N) is 1. The van der Waals surface area contributed by atoms with Crippen molar-refractivity contribution in [2.45, 2.75) is 31.7 Å². The molecular weight excluding hydrogens is 180 g/mol. The molecule has 14 heavy (non-hydrogen) atoms. The first-order chi connectivity index (χ1) is 6.56. The van der Waals surface area contributed by atoms with E-state index in [1.807, 2.05) is 6.92 Å². The Morgan fingerprint density at radius 2 is 2.21 bits per heavy atom. The summed E-state index contributed by atoms with van der Waals surface area (Å²) in [6.07, 6.45) is 1.98. The van der Waals surface area contributed by atoms with Crippen molar-refractivity contribution in [3.63, 3.8) is 0 Å². The largest absolute Gasteiger partial charge is 0.347 e. The molecule has 1 rings (SSSR count). The van der Waals surface area contributed by atoms with Crippen molar-refractivity contribution < 1.29 is 9.47 Å². The van der Waals surface area contributed by atoms with Gasteiger partial charge in [-0.15, -0.1) is 0 Å². The van der Waals surface area contributed by atoms with E-state index in [0.717, 1.165) is 19.4 Å². The van der Waals surface area contributed by atoms with Gasteiger partial charge in [0.1, 0.15) is 0 Å². The minimum Gasteiger partial charge on any atom is -0.347 e. The van der Waals surface area contributed by atoms with Crippen molar-refractivity contribution in [2.75, 3.05) is 33.8 Å². The van der Waals surface area contributed by atoms with Crippen LogP contribution in [-0.4, -0.2) is 50.6 Å². The molecular formula is C10H22N2O2. The summed E-state index contributed by atoms with van der Waals surface area (Å²) in [6.45, 7) is 4.33. The third-order valence-corrected chi connectivity index (χ3v) is 2.49. The highest BCUT2D eigenvalue weighted by atomic mass is 16.7. The maximum Gasteiger partial charge on any atom is 0.167 e. The maximum atomic E-state index is 5.81. The van der Waals surface area contributed by atoms with Gasteiger partial charge in [-0.3, -0.25) is 0 Å². The highest BCUT2D eigenvalue weighted by molar-refractivity contribution is 4.75. The number of ether oxygens (including phenoxy) is 2. The van der Waals surface area contributed by atoms with Gasteiger partial charge in [0.15, 0.2) is 5.79 Å². The van der Waals surface area contributed by atoms with Crippen LogP contribution in [0.4, 0.5) is 0 Å². The van der Waals surface area contributed by atoms with Crippen LogP contribution in [0.2, 0.25) is 0 Å². The van der Waals surface area contributed by atoms with Crippen LogP contribution in [0.3, 0.4) is 0 Å². The molecule has 0 aliphatic carbocycles. The predicted octanol–water partition coefficient (Wildman–Crippen LogP) is 0.419. The van der Waals surface area contributed by atoms with E-state index in [0.29, 0.717) is 13.2 Å². The number of rotatable bonds is 5. The van der Waals surface area contributed by atoms with Crippen LogP contribution in [0.1, 0.15) is 19.8 Å². The normalized spacial score (nSPS) is 32.8. The standard InChI is InChI=1S/C10H22N2O2/c1-10(5-7-12(2)3)13-8-9(14-10)4-6-11/h9H,4-8,11H2,1-3H3. The first kappa shape index (κ1) is 11.9. The quantitative estimate of drug-likeness (QED) is 0.702. The van der Waals surface area contributed by atoms with E-state index in [-0.39, 0.29) is 6.10 Å². The fraction of sp³-hybridized carbons (Fsp3) is 1.00. The number of hydrogen-bond donors (Lipinski definition) is 1. The Hall–Kier alpha value is -0.160. The summed E-state index contributed by atoms with van der Waals surface area (Å²) in [6, 6.07) is 0. The molecule has 84 valence electrons. The van der Waals surface area contributed by atoms with E-state index in [1.54, 1.807) is 0 Å². The van der Waals surface area contributed by atoms with Crippen molar-refractivity contribution >= 4 is 0 Å². The minimum absolute atomic E-state index is 0.187. The smallest absolute Gasteiger partial charge is 0.167 e. The molecule has 0 spiro atoms. The summed E-state index contributed by atoms with van der Waals surface area (Å²) in [5, 5.41) is 0. The molecule has 2 atom stereocenters. The molecule has 1 fully saturated rings. The van der Waals surface area contributed by atoms with Gasteiger partial charge in [-0.05, 0) is 34.0 Å². The predicted molar refractivity (Wildman–Crippen MR) is 56.1 cm³/mol. The van der Waals surface area contributed by atoms with Gasteiger partial charge < -0.3 is 20.1 Å². The SMILES string of the molecule is CN(C)CCC1(C)OCC(CCN)O1.